The molecule has 1 atom stereocenters. The molecule has 2 aromatic heterocycles. The van der Waals surface area contributed by atoms with Crippen LogP contribution >= 0.6 is 11.3 Å². The SMILES string of the molecule is Cc1cc(C(O)c2ccncc2)cs1. The molecule has 0 bridgehead atoms. The van der Waals surface area contributed by atoms with E-state index in [2.05, 4.69) is 4.98 Å². The topological polar surface area (TPSA) is 33.1 Å². The van der Waals surface area contributed by atoms with Crippen LogP contribution in [0.4, 0.5) is 0 Å². The van der Waals surface area contributed by atoms with Crippen molar-refractivity contribution in [2.24, 2.45) is 0 Å². The second kappa shape index (κ2) is 3.90. The van der Waals surface area contributed by atoms with Gasteiger partial charge in [0.05, 0.1) is 0 Å². The highest BCUT2D eigenvalue weighted by Crippen LogP contribution is 2.25. The van der Waals surface area contributed by atoms with Gasteiger partial charge in [0.1, 0.15) is 6.10 Å². The van der Waals surface area contributed by atoms with Crippen LogP contribution < -0.4 is 0 Å². The van der Waals surface area contributed by atoms with Crippen LogP contribution in [0.2, 0.25) is 0 Å². The number of nitrogens with zero attached hydrogens (tertiary/aromatic N) is 1. The molecule has 14 heavy (non-hydrogen) atoms. The van der Waals surface area contributed by atoms with Gasteiger partial charge < -0.3 is 5.11 Å². The van der Waals surface area contributed by atoms with Crippen molar-refractivity contribution in [3.63, 3.8) is 0 Å². The van der Waals surface area contributed by atoms with Gasteiger partial charge in [-0.15, -0.1) is 11.3 Å². The minimum absolute atomic E-state index is 0.525. The van der Waals surface area contributed by atoms with Crippen molar-refractivity contribution in [3.8, 4) is 0 Å². The number of hydrogen-bond acceptors (Lipinski definition) is 3. The van der Waals surface area contributed by atoms with Crippen molar-refractivity contribution in [1.29, 1.82) is 0 Å². The van der Waals surface area contributed by atoms with Crippen molar-refractivity contribution < 1.29 is 5.11 Å². The predicted octanol–water partition coefficient (Wildman–Crippen LogP) is 2.53. The van der Waals surface area contributed by atoms with E-state index in [-0.39, 0.29) is 0 Å². The maximum absolute atomic E-state index is 9.98. The zero-order valence-electron chi connectivity index (χ0n) is 7.84. The molecular weight excluding hydrogens is 194 g/mol. The molecule has 0 saturated carbocycles. The van der Waals surface area contributed by atoms with Gasteiger partial charge in [-0.25, -0.2) is 0 Å². The van der Waals surface area contributed by atoms with Gasteiger partial charge in [-0.1, -0.05) is 0 Å². The largest absolute Gasteiger partial charge is 0.384 e. The lowest BCUT2D eigenvalue weighted by Gasteiger charge is -2.07. The molecule has 0 aliphatic heterocycles. The lowest BCUT2D eigenvalue weighted by molar-refractivity contribution is 0.220. The molecule has 72 valence electrons. The highest BCUT2D eigenvalue weighted by atomic mass is 32.1. The van der Waals surface area contributed by atoms with Gasteiger partial charge in [-0.05, 0) is 41.6 Å². The van der Waals surface area contributed by atoms with Crippen LogP contribution in [-0.4, -0.2) is 10.1 Å². The monoisotopic (exact) mass is 205 g/mol. The van der Waals surface area contributed by atoms with E-state index in [4.69, 9.17) is 0 Å². The Bertz CT molecular complexity index is 410. The Balaban J connectivity index is 2.29. The van der Waals surface area contributed by atoms with Gasteiger partial charge in [0.25, 0.3) is 0 Å². The molecule has 0 aliphatic carbocycles. The first-order valence-electron chi connectivity index (χ1n) is 4.40. The standard InChI is InChI=1S/C11H11NOS/c1-8-6-10(7-14-8)11(13)9-2-4-12-5-3-9/h2-7,11,13H,1H3. The molecule has 0 amide bonds. The molecule has 0 spiro atoms. The molecule has 0 radical (unpaired) electrons. The summed E-state index contributed by atoms with van der Waals surface area (Å²) < 4.78 is 0. The van der Waals surface area contributed by atoms with Crippen LogP contribution in [0, 0.1) is 6.92 Å². The number of aryl methyl sites for hydroxylation is 1. The fourth-order valence-corrected chi connectivity index (χ4v) is 2.07. The van der Waals surface area contributed by atoms with E-state index in [1.807, 2.05) is 30.5 Å². The average molecular weight is 205 g/mol. The third-order valence-electron chi connectivity index (χ3n) is 2.09. The summed E-state index contributed by atoms with van der Waals surface area (Å²) in [7, 11) is 0. The second-order valence-corrected chi connectivity index (χ2v) is 4.29. The molecule has 1 N–H and O–H groups in total. The molecular formula is C11H11NOS. The summed E-state index contributed by atoms with van der Waals surface area (Å²) in [6.45, 7) is 2.04. The minimum atomic E-state index is -0.525. The third kappa shape index (κ3) is 1.84. The number of rotatable bonds is 2. The Labute approximate surface area is 86.9 Å². The van der Waals surface area contributed by atoms with E-state index in [1.165, 1.54) is 4.88 Å². The molecule has 3 heteroatoms. The van der Waals surface area contributed by atoms with E-state index >= 15 is 0 Å². The number of hydrogen-bond donors (Lipinski definition) is 1. The van der Waals surface area contributed by atoms with Crippen molar-refractivity contribution >= 4 is 11.3 Å². The maximum Gasteiger partial charge on any atom is 0.105 e. The van der Waals surface area contributed by atoms with Gasteiger partial charge in [0, 0.05) is 17.3 Å². The van der Waals surface area contributed by atoms with Crippen LogP contribution in [0.25, 0.3) is 0 Å². The second-order valence-electron chi connectivity index (χ2n) is 3.17. The molecule has 0 saturated heterocycles. The summed E-state index contributed by atoms with van der Waals surface area (Å²) in [4.78, 5) is 5.13. The molecule has 2 rings (SSSR count). The van der Waals surface area contributed by atoms with Gasteiger partial charge >= 0.3 is 0 Å². The molecule has 0 aromatic carbocycles. The summed E-state index contributed by atoms with van der Waals surface area (Å²) in [5.74, 6) is 0. The van der Waals surface area contributed by atoms with E-state index < -0.39 is 6.10 Å². The number of thiophene rings is 1. The molecule has 0 aliphatic rings. The molecule has 2 heterocycles. The van der Waals surface area contributed by atoms with Crippen molar-refractivity contribution in [2.75, 3.05) is 0 Å². The van der Waals surface area contributed by atoms with E-state index in [1.54, 1.807) is 23.7 Å². The lowest BCUT2D eigenvalue weighted by Crippen LogP contribution is -1.97. The van der Waals surface area contributed by atoms with Crippen molar-refractivity contribution in [3.05, 3.63) is 52.0 Å². The summed E-state index contributed by atoms with van der Waals surface area (Å²) >= 11 is 1.65. The number of pyridine rings is 1. The van der Waals surface area contributed by atoms with Crippen molar-refractivity contribution in [1.82, 2.24) is 4.98 Å². The van der Waals surface area contributed by atoms with Crippen LogP contribution in [0.15, 0.2) is 36.0 Å². The maximum atomic E-state index is 9.98. The summed E-state index contributed by atoms with van der Waals surface area (Å²) in [6, 6.07) is 5.67. The van der Waals surface area contributed by atoms with Gasteiger partial charge in [-0.2, -0.15) is 0 Å². The Morgan fingerprint density at radius 3 is 2.57 bits per heavy atom. The highest BCUT2D eigenvalue weighted by Gasteiger charge is 2.10. The Morgan fingerprint density at radius 2 is 2.00 bits per heavy atom. The average Bonchev–Trinajstić information content (AvgIpc) is 2.65. The molecule has 1 unspecified atom stereocenters. The summed E-state index contributed by atoms with van der Waals surface area (Å²) in [5.41, 5.74) is 1.84. The quantitative estimate of drug-likeness (QED) is 0.817. The third-order valence-corrected chi connectivity index (χ3v) is 2.97. The summed E-state index contributed by atoms with van der Waals surface area (Å²) in [6.07, 6.45) is 2.86. The number of aliphatic hydroxyl groups is 1. The van der Waals surface area contributed by atoms with Crippen LogP contribution in [0.3, 0.4) is 0 Å². The lowest BCUT2D eigenvalue weighted by atomic mass is 10.1. The first-order chi connectivity index (χ1) is 6.77. The predicted molar refractivity (Wildman–Crippen MR) is 57.4 cm³/mol. The Hall–Kier alpha value is -1.19. The normalized spacial score (nSPS) is 12.7. The summed E-state index contributed by atoms with van der Waals surface area (Å²) in [5, 5.41) is 12.0. The van der Waals surface area contributed by atoms with Crippen LogP contribution in [-0.2, 0) is 0 Å². The van der Waals surface area contributed by atoms with Gasteiger partial charge in [0.15, 0.2) is 0 Å². The molecule has 0 fully saturated rings. The van der Waals surface area contributed by atoms with Crippen LogP contribution in [0.5, 0.6) is 0 Å². The fourth-order valence-electron chi connectivity index (χ4n) is 1.35. The van der Waals surface area contributed by atoms with Gasteiger partial charge in [-0.3, -0.25) is 4.98 Å². The number of aliphatic hydroxyl groups excluding tert-OH is 1. The Kier molecular flexibility index (Phi) is 2.61. The fraction of sp³-hybridized carbons (Fsp3) is 0.182. The van der Waals surface area contributed by atoms with E-state index in [0.29, 0.717) is 0 Å². The Morgan fingerprint density at radius 1 is 1.29 bits per heavy atom. The number of aromatic nitrogens is 1. The first kappa shape index (κ1) is 9.37. The highest BCUT2D eigenvalue weighted by molar-refractivity contribution is 7.10. The van der Waals surface area contributed by atoms with E-state index in [0.717, 1.165) is 11.1 Å². The molecule has 2 nitrogen and oxygen atoms in total. The smallest absolute Gasteiger partial charge is 0.105 e. The van der Waals surface area contributed by atoms with Crippen molar-refractivity contribution in [2.45, 2.75) is 13.0 Å². The molecule has 2 aromatic rings. The van der Waals surface area contributed by atoms with E-state index in [9.17, 15) is 5.11 Å². The van der Waals surface area contributed by atoms with Crippen LogP contribution in [0.1, 0.15) is 22.1 Å². The first-order valence-corrected chi connectivity index (χ1v) is 5.28. The zero-order chi connectivity index (χ0) is 9.97. The zero-order valence-corrected chi connectivity index (χ0v) is 8.66. The van der Waals surface area contributed by atoms with Gasteiger partial charge in [0.2, 0.25) is 0 Å². The minimum Gasteiger partial charge on any atom is -0.384 e.